The number of allylic oxidation sites excluding steroid dienone is 1. The number of rotatable bonds is 7. The van der Waals surface area contributed by atoms with Gasteiger partial charge in [0.2, 0.25) is 0 Å². The highest BCUT2D eigenvalue weighted by Gasteiger charge is 2.07. The molecule has 0 aliphatic rings. The second-order valence-electron chi connectivity index (χ2n) is 5.51. The molecule has 2 aromatic carbocycles. The Balaban J connectivity index is 2.08. The number of ketones is 1. The molecule has 0 aromatic heterocycles. The molecule has 5 nitrogen and oxygen atoms in total. The van der Waals surface area contributed by atoms with E-state index in [1.54, 1.807) is 63.6 Å². The average Bonchev–Trinajstić information content (AvgIpc) is 2.66. The average molecular weight is 352 g/mol. The summed E-state index contributed by atoms with van der Waals surface area (Å²) in [4.78, 5) is 23.7. The Bertz CT molecular complexity index is 847. The topological polar surface area (TPSA) is 61.8 Å². The van der Waals surface area contributed by atoms with E-state index in [4.69, 9.17) is 14.2 Å². The first-order valence-corrected chi connectivity index (χ1v) is 7.86. The fourth-order valence-electron chi connectivity index (χ4n) is 2.11. The van der Waals surface area contributed by atoms with Gasteiger partial charge in [-0.05, 0) is 55.0 Å². The zero-order chi connectivity index (χ0) is 19.1. The lowest BCUT2D eigenvalue weighted by Crippen LogP contribution is -2.08. The van der Waals surface area contributed by atoms with Crippen molar-refractivity contribution >= 4 is 17.8 Å². The summed E-state index contributed by atoms with van der Waals surface area (Å²) < 4.78 is 15.5. The smallest absolute Gasteiger partial charge is 0.338 e. The summed E-state index contributed by atoms with van der Waals surface area (Å²) in [6.45, 7) is 5.09. The third-order valence-electron chi connectivity index (χ3n) is 3.53. The highest BCUT2D eigenvalue weighted by Crippen LogP contribution is 2.28. The molecule has 0 unspecified atom stereocenters. The van der Waals surface area contributed by atoms with Crippen molar-refractivity contribution in [1.82, 2.24) is 0 Å². The van der Waals surface area contributed by atoms with Crippen molar-refractivity contribution in [1.29, 1.82) is 0 Å². The molecule has 0 saturated heterocycles. The summed E-state index contributed by atoms with van der Waals surface area (Å²) in [6.07, 6.45) is 3.16. The van der Waals surface area contributed by atoms with Crippen LogP contribution in [0.5, 0.6) is 17.2 Å². The van der Waals surface area contributed by atoms with Gasteiger partial charge in [-0.2, -0.15) is 0 Å². The summed E-state index contributed by atoms with van der Waals surface area (Å²) in [7, 11) is 3.12. The van der Waals surface area contributed by atoms with E-state index in [2.05, 4.69) is 6.58 Å². The van der Waals surface area contributed by atoms with Crippen LogP contribution in [0.25, 0.3) is 6.08 Å². The molecule has 0 aliphatic heterocycles. The molecule has 0 N–H and O–H groups in total. The Kier molecular flexibility index (Phi) is 6.33. The number of carbonyl (C=O) groups excluding carboxylic acids is 2. The lowest BCUT2D eigenvalue weighted by atomic mass is 10.1. The third kappa shape index (κ3) is 4.83. The monoisotopic (exact) mass is 352 g/mol. The van der Waals surface area contributed by atoms with Crippen molar-refractivity contribution in [2.24, 2.45) is 0 Å². The van der Waals surface area contributed by atoms with Gasteiger partial charge in [0.05, 0.1) is 14.2 Å². The minimum absolute atomic E-state index is 0.169. The van der Waals surface area contributed by atoms with Crippen LogP contribution in [0.15, 0.2) is 60.7 Å². The number of carbonyl (C=O) groups is 2. The van der Waals surface area contributed by atoms with Crippen LogP contribution >= 0.6 is 0 Å². The molecule has 0 spiro atoms. The first kappa shape index (κ1) is 19.0. The van der Waals surface area contributed by atoms with Crippen LogP contribution < -0.4 is 14.2 Å². The standard InChI is InChI=1S/C21H20O5/c1-14(2)21(23)26-17-9-7-16(8-10-17)18(22)11-5-15-6-12-19(24-3)20(13-15)25-4/h5-13H,1H2,2-4H3/b11-5+. The second-order valence-corrected chi connectivity index (χ2v) is 5.51. The first-order chi connectivity index (χ1) is 12.4. The number of hydrogen-bond donors (Lipinski definition) is 0. The fourth-order valence-corrected chi connectivity index (χ4v) is 2.11. The highest BCUT2D eigenvalue weighted by molar-refractivity contribution is 6.06. The van der Waals surface area contributed by atoms with Gasteiger partial charge in [0, 0.05) is 11.1 Å². The molecule has 0 radical (unpaired) electrons. The van der Waals surface area contributed by atoms with Gasteiger partial charge >= 0.3 is 5.97 Å². The van der Waals surface area contributed by atoms with Crippen molar-refractivity contribution < 1.29 is 23.8 Å². The Morgan fingerprint density at radius 3 is 2.19 bits per heavy atom. The van der Waals surface area contributed by atoms with Crippen LogP contribution in [-0.4, -0.2) is 26.0 Å². The Morgan fingerprint density at radius 1 is 0.962 bits per heavy atom. The van der Waals surface area contributed by atoms with Crippen molar-refractivity contribution in [2.45, 2.75) is 6.92 Å². The molecule has 5 heteroatoms. The van der Waals surface area contributed by atoms with Crippen LogP contribution in [0.3, 0.4) is 0 Å². The first-order valence-electron chi connectivity index (χ1n) is 7.86. The number of hydrogen-bond acceptors (Lipinski definition) is 5. The van der Waals surface area contributed by atoms with Crippen molar-refractivity contribution in [3.8, 4) is 17.2 Å². The molecular formula is C21H20O5. The molecule has 26 heavy (non-hydrogen) atoms. The molecule has 0 fully saturated rings. The molecule has 2 aromatic rings. The zero-order valence-electron chi connectivity index (χ0n) is 14.9. The highest BCUT2D eigenvalue weighted by atomic mass is 16.5. The van der Waals surface area contributed by atoms with Gasteiger partial charge in [0.15, 0.2) is 17.3 Å². The van der Waals surface area contributed by atoms with Crippen LogP contribution in [0, 0.1) is 0 Å². The minimum atomic E-state index is -0.502. The van der Waals surface area contributed by atoms with Crippen LogP contribution in [0.1, 0.15) is 22.8 Å². The summed E-state index contributed by atoms with van der Waals surface area (Å²) >= 11 is 0. The molecule has 2 rings (SSSR count). The van der Waals surface area contributed by atoms with E-state index in [1.807, 2.05) is 6.07 Å². The van der Waals surface area contributed by atoms with Gasteiger partial charge < -0.3 is 14.2 Å². The predicted molar refractivity (Wildman–Crippen MR) is 99.8 cm³/mol. The molecule has 0 bridgehead atoms. The Morgan fingerprint density at radius 2 is 1.62 bits per heavy atom. The normalized spacial score (nSPS) is 10.4. The third-order valence-corrected chi connectivity index (χ3v) is 3.53. The minimum Gasteiger partial charge on any atom is -0.493 e. The van der Waals surface area contributed by atoms with Crippen molar-refractivity contribution in [3.05, 3.63) is 71.8 Å². The second kappa shape index (κ2) is 8.67. The lowest BCUT2D eigenvalue weighted by molar-refractivity contribution is -0.130. The molecular weight excluding hydrogens is 332 g/mol. The van der Waals surface area contributed by atoms with E-state index in [-0.39, 0.29) is 5.78 Å². The van der Waals surface area contributed by atoms with E-state index < -0.39 is 5.97 Å². The van der Waals surface area contributed by atoms with E-state index in [9.17, 15) is 9.59 Å². The molecule has 0 atom stereocenters. The van der Waals surface area contributed by atoms with E-state index >= 15 is 0 Å². The Hall–Kier alpha value is -3.34. The van der Waals surface area contributed by atoms with Gasteiger partial charge in [-0.3, -0.25) is 4.79 Å². The fraction of sp³-hybridized carbons (Fsp3) is 0.143. The summed E-state index contributed by atoms with van der Waals surface area (Å²) in [5, 5.41) is 0. The van der Waals surface area contributed by atoms with Gasteiger partial charge in [-0.25, -0.2) is 4.79 Å². The number of ether oxygens (including phenoxy) is 3. The molecule has 134 valence electrons. The quantitative estimate of drug-likeness (QED) is 0.325. The number of benzene rings is 2. The van der Waals surface area contributed by atoms with Crippen LogP contribution in [0.2, 0.25) is 0 Å². The van der Waals surface area contributed by atoms with Gasteiger partial charge in [0.25, 0.3) is 0 Å². The van der Waals surface area contributed by atoms with Gasteiger partial charge in [-0.1, -0.05) is 18.7 Å². The Labute approximate surface area is 152 Å². The molecule has 0 aliphatic carbocycles. The van der Waals surface area contributed by atoms with Crippen molar-refractivity contribution in [3.63, 3.8) is 0 Å². The van der Waals surface area contributed by atoms with E-state index in [0.29, 0.717) is 28.4 Å². The summed E-state index contributed by atoms with van der Waals surface area (Å²) in [5.74, 6) is 0.898. The van der Waals surface area contributed by atoms with Crippen LogP contribution in [0.4, 0.5) is 0 Å². The van der Waals surface area contributed by atoms with Gasteiger partial charge in [-0.15, -0.1) is 0 Å². The SMILES string of the molecule is C=C(C)C(=O)Oc1ccc(C(=O)/C=C/c2ccc(OC)c(OC)c2)cc1. The molecule has 0 amide bonds. The van der Waals surface area contributed by atoms with Gasteiger partial charge in [0.1, 0.15) is 5.75 Å². The predicted octanol–water partition coefficient (Wildman–Crippen LogP) is 4.08. The zero-order valence-corrected chi connectivity index (χ0v) is 14.9. The largest absolute Gasteiger partial charge is 0.493 e. The number of esters is 1. The summed E-state index contributed by atoms with van der Waals surface area (Å²) in [6, 6.07) is 11.7. The maximum absolute atomic E-state index is 12.3. The number of methoxy groups -OCH3 is 2. The van der Waals surface area contributed by atoms with Crippen LogP contribution in [-0.2, 0) is 4.79 Å². The maximum atomic E-state index is 12.3. The maximum Gasteiger partial charge on any atom is 0.338 e. The molecule has 0 saturated carbocycles. The van der Waals surface area contributed by atoms with E-state index in [0.717, 1.165) is 5.56 Å². The van der Waals surface area contributed by atoms with E-state index in [1.165, 1.54) is 6.08 Å². The molecule has 0 heterocycles. The summed E-state index contributed by atoms with van der Waals surface area (Å²) in [5.41, 5.74) is 1.60. The lowest BCUT2D eigenvalue weighted by Gasteiger charge is -2.07. The van der Waals surface area contributed by atoms with Crippen molar-refractivity contribution in [2.75, 3.05) is 14.2 Å².